The lowest BCUT2D eigenvalue weighted by Crippen LogP contribution is -2.14. The van der Waals surface area contributed by atoms with Gasteiger partial charge in [-0.2, -0.15) is 0 Å². The van der Waals surface area contributed by atoms with Crippen LogP contribution in [0.3, 0.4) is 0 Å². The Balaban J connectivity index is 2.26. The van der Waals surface area contributed by atoms with Crippen molar-refractivity contribution in [2.45, 2.75) is 46.0 Å². The van der Waals surface area contributed by atoms with Crippen LogP contribution in [0.2, 0.25) is 0 Å². The highest BCUT2D eigenvalue weighted by atomic mass is 16.6. The van der Waals surface area contributed by atoms with Crippen molar-refractivity contribution in [1.29, 1.82) is 0 Å². The zero-order chi connectivity index (χ0) is 9.68. The van der Waals surface area contributed by atoms with Crippen LogP contribution in [0, 0.1) is 11.8 Å². The number of nitrogens with zero attached hydrogens (tertiary/aromatic N) is 1. The average Bonchev–Trinajstić information content (AvgIpc) is 2.09. The van der Waals surface area contributed by atoms with Gasteiger partial charge in [0.15, 0.2) is 0 Å². The summed E-state index contributed by atoms with van der Waals surface area (Å²) in [6, 6.07) is 0. The first-order valence-electron chi connectivity index (χ1n) is 5.29. The lowest BCUT2D eigenvalue weighted by atomic mass is 9.81. The second-order valence-electron chi connectivity index (χ2n) is 4.34. The van der Waals surface area contributed by atoms with Gasteiger partial charge in [0.05, 0.1) is 5.71 Å². The van der Waals surface area contributed by atoms with Gasteiger partial charge < -0.3 is 4.84 Å². The molecule has 0 aromatic heterocycles. The molecular weight excluding hydrogens is 162 g/mol. The summed E-state index contributed by atoms with van der Waals surface area (Å²) < 4.78 is 0. The van der Waals surface area contributed by atoms with Gasteiger partial charge in [0.25, 0.3) is 0 Å². The van der Waals surface area contributed by atoms with Gasteiger partial charge >= 0.3 is 0 Å². The van der Waals surface area contributed by atoms with Crippen LogP contribution in [0.1, 0.15) is 46.0 Å². The quantitative estimate of drug-likeness (QED) is 0.486. The third-order valence-electron chi connectivity index (χ3n) is 2.97. The molecular formula is C11H21NO. The standard InChI is InChI=1S/C11H21NO/c1-9-4-6-11(7-5-9)8-10(2)12-13-3/h9,11H,4-8H2,1-3H3/b12-10-. The Kier molecular flexibility index (Phi) is 4.26. The van der Waals surface area contributed by atoms with E-state index in [9.17, 15) is 0 Å². The van der Waals surface area contributed by atoms with E-state index in [1.54, 1.807) is 7.11 Å². The van der Waals surface area contributed by atoms with E-state index in [1.165, 1.54) is 25.7 Å². The summed E-state index contributed by atoms with van der Waals surface area (Å²) in [5.74, 6) is 1.80. The summed E-state index contributed by atoms with van der Waals surface area (Å²) in [6.07, 6.45) is 6.66. The van der Waals surface area contributed by atoms with E-state index in [-0.39, 0.29) is 0 Å². The average molecular weight is 183 g/mol. The Morgan fingerprint density at radius 2 is 1.92 bits per heavy atom. The van der Waals surface area contributed by atoms with Crippen molar-refractivity contribution in [1.82, 2.24) is 0 Å². The molecule has 76 valence electrons. The second kappa shape index (κ2) is 5.25. The first-order chi connectivity index (χ1) is 6.22. The summed E-state index contributed by atoms with van der Waals surface area (Å²) in [7, 11) is 1.62. The SMILES string of the molecule is CO/N=C(/C)CC1CCC(C)CC1. The maximum absolute atomic E-state index is 4.75. The number of rotatable bonds is 3. The van der Waals surface area contributed by atoms with Gasteiger partial charge in [-0.25, -0.2) is 0 Å². The molecule has 0 saturated heterocycles. The molecule has 0 N–H and O–H groups in total. The first kappa shape index (κ1) is 10.6. The Hall–Kier alpha value is -0.530. The zero-order valence-corrected chi connectivity index (χ0v) is 9.05. The molecule has 0 unspecified atom stereocenters. The molecule has 0 amide bonds. The van der Waals surface area contributed by atoms with E-state index >= 15 is 0 Å². The molecule has 0 atom stereocenters. The van der Waals surface area contributed by atoms with Crippen molar-refractivity contribution < 1.29 is 4.84 Å². The molecule has 0 radical (unpaired) electrons. The van der Waals surface area contributed by atoms with Crippen LogP contribution in [0.4, 0.5) is 0 Å². The van der Waals surface area contributed by atoms with Crippen LogP contribution in [0.25, 0.3) is 0 Å². The Morgan fingerprint density at radius 1 is 1.31 bits per heavy atom. The lowest BCUT2D eigenvalue weighted by Gasteiger charge is -2.25. The van der Waals surface area contributed by atoms with Crippen LogP contribution < -0.4 is 0 Å². The molecule has 2 nitrogen and oxygen atoms in total. The highest BCUT2D eigenvalue weighted by molar-refractivity contribution is 5.81. The fourth-order valence-corrected chi connectivity index (χ4v) is 2.14. The summed E-state index contributed by atoms with van der Waals surface area (Å²) in [6.45, 7) is 4.41. The molecule has 0 heterocycles. The topological polar surface area (TPSA) is 21.6 Å². The van der Waals surface area contributed by atoms with Gasteiger partial charge in [-0.3, -0.25) is 0 Å². The normalized spacial score (nSPS) is 30.2. The van der Waals surface area contributed by atoms with E-state index < -0.39 is 0 Å². The monoisotopic (exact) mass is 183 g/mol. The van der Waals surface area contributed by atoms with Crippen molar-refractivity contribution in [3.05, 3.63) is 0 Å². The van der Waals surface area contributed by atoms with Gasteiger partial charge in [0, 0.05) is 0 Å². The van der Waals surface area contributed by atoms with Crippen molar-refractivity contribution >= 4 is 5.71 Å². The highest BCUT2D eigenvalue weighted by Gasteiger charge is 2.18. The van der Waals surface area contributed by atoms with Crippen molar-refractivity contribution in [2.75, 3.05) is 7.11 Å². The molecule has 2 heteroatoms. The molecule has 0 bridgehead atoms. The molecule has 0 aliphatic heterocycles. The van der Waals surface area contributed by atoms with E-state index in [1.807, 2.05) is 0 Å². The summed E-state index contributed by atoms with van der Waals surface area (Å²) in [4.78, 5) is 4.75. The van der Waals surface area contributed by atoms with E-state index in [0.29, 0.717) is 0 Å². The number of hydrogen-bond donors (Lipinski definition) is 0. The minimum absolute atomic E-state index is 0.857. The predicted molar refractivity (Wildman–Crippen MR) is 55.9 cm³/mol. The molecule has 1 aliphatic carbocycles. The third kappa shape index (κ3) is 3.79. The van der Waals surface area contributed by atoms with Crippen LogP contribution >= 0.6 is 0 Å². The molecule has 1 fully saturated rings. The minimum Gasteiger partial charge on any atom is -0.399 e. The fraction of sp³-hybridized carbons (Fsp3) is 0.909. The van der Waals surface area contributed by atoms with Gasteiger partial charge in [-0.1, -0.05) is 24.9 Å². The van der Waals surface area contributed by atoms with Gasteiger partial charge in [0.1, 0.15) is 7.11 Å². The van der Waals surface area contributed by atoms with E-state index in [2.05, 4.69) is 19.0 Å². The zero-order valence-electron chi connectivity index (χ0n) is 9.05. The Morgan fingerprint density at radius 3 is 2.46 bits per heavy atom. The lowest BCUT2D eigenvalue weighted by molar-refractivity contribution is 0.210. The fourth-order valence-electron chi connectivity index (χ4n) is 2.14. The Labute approximate surface area is 81.3 Å². The van der Waals surface area contributed by atoms with Crippen LogP contribution in [-0.2, 0) is 4.84 Å². The molecule has 0 spiro atoms. The highest BCUT2D eigenvalue weighted by Crippen LogP contribution is 2.30. The molecule has 1 rings (SSSR count). The maximum atomic E-state index is 4.75. The summed E-state index contributed by atoms with van der Waals surface area (Å²) in [5, 5.41) is 3.95. The number of hydrogen-bond acceptors (Lipinski definition) is 2. The second-order valence-corrected chi connectivity index (χ2v) is 4.34. The maximum Gasteiger partial charge on any atom is 0.106 e. The van der Waals surface area contributed by atoms with Crippen molar-refractivity contribution in [3.8, 4) is 0 Å². The summed E-state index contributed by atoms with van der Waals surface area (Å²) >= 11 is 0. The number of oxime groups is 1. The summed E-state index contributed by atoms with van der Waals surface area (Å²) in [5.41, 5.74) is 1.14. The molecule has 1 saturated carbocycles. The van der Waals surface area contributed by atoms with Gasteiger partial charge in [-0.05, 0) is 38.0 Å². The van der Waals surface area contributed by atoms with Gasteiger partial charge in [-0.15, -0.1) is 0 Å². The minimum atomic E-state index is 0.857. The Bertz CT molecular complexity index is 169. The van der Waals surface area contributed by atoms with Crippen LogP contribution in [-0.4, -0.2) is 12.8 Å². The molecule has 0 aromatic rings. The first-order valence-corrected chi connectivity index (χ1v) is 5.29. The molecule has 1 aliphatic rings. The predicted octanol–water partition coefficient (Wildman–Crippen LogP) is 3.23. The van der Waals surface area contributed by atoms with E-state index in [4.69, 9.17) is 4.84 Å². The molecule has 13 heavy (non-hydrogen) atoms. The van der Waals surface area contributed by atoms with Gasteiger partial charge in [0.2, 0.25) is 0 Å². The van der Waals surface area contributed by atoms with E-state index in [0.717, 1.165) is 24.0 Å². The van der Waals surface area contributed by atoms with Crippen LogP contribution in [0.15, 0.2) is 5.16 Å². The third-order valence-corrected chi connectivity index (χ3v) is 2.97. The van der Waals surface area contributed by atoms with Crippen molar-refractivity contribution in [2.24, 2.45) is 17.0 Å². The smallest absolute Gasteiger partial charge is 0.106 e. The largest absolute Gasteiger partial charge is 0.399 e. The van der Waals surface area contributed by atoms with Crippen molar-refractivity contribution in [3.63, 3.8) is 0 Å². The van der Waals surface area contributed by atoms with Crippen LogP contribution in [0.5, 0.6) is 0 Å². The molecule has 0 aromatic carbocycles.